The Labute approximate surface area is 151 Å². The molecular formula is C17H25N3O6. The zero-order valence-corrected chi connectivity index (χ0v) is 14.7. The van der Waals surface area contributed by atoms with Crippen LogP contribution in [0.5, 0.6) is 0 Å². The van der Waals surface area contributed by atoms with Crippen molar-refractivity contribution in [3.63, 3.8) is 0 Å². The highest BCUT2D eigenvalue weighted by Gasteiger charge is 2.31. The molecule has 0 heterocycles. The Morgan fingerprint density at radius 3 is 2.27 bits per heavy atom. The third-order valence-electron chi connectivity index (χ3n) is 3.68. The first kappa shape index (κ1) is 21.6. The molecule has 9 heteroatoms. The molecule has 0 saturated heterocycles. The Bertz CT molecular complexity index is 608. The van der Waals surface area contributed by atoms with Gasteiger partial charge in [-0.2, -0.15) is 0 Å². The van der Waals surface area contributed by atoms with Gasteiger partial charge >= 0.3 is 5.97 Å². The maximum atomic E-state index is 12.2. The predicted octanol–water partition coefficient (Wildman–Crippen LogP) is -1.93. The van der Waals surface area contributed by atoms with E-state index in [1.54, 1.807) is 0 Å². The molecule has 4 atom stereocenters. The fourth-order valence-corrected chi connectivity index (χ4v) is 2.21. The molecule has 0 fully saturated rings. The molecule has 1 aromatic rings. The normalized spacial score (nSPS) is 15.3. The van der Waals surface area contributed by atoms with E-state index in [4.69, 9.17) is 10.8 Å². The highest BCUT2D eigenvalue weighted by Crippen LogP contribution is 2.03. The van der Waals surface area contributed by atoms with E-state index in [1.807, 2.05) is 30.3 Å². The Kier molecular flexibility index (Phi) is 8.70. The van der Waals surface area contributed by atoms with Crippen LogP contribution in [0, 0.1) is 0 Å². The van der Waals surface area contributed by atoms with Gasteiger partial charge in [-0.3, -0.25) is 9.59 Å². The zero-order valence-electron chi connectivity index (χ0n) is 14.7. The van der Waals surface area contributed by atoms with Crippen LogP contribution in [-0.4, -0.2) is 65.9 Å². The molecule has 0 unspecified atom stereocenters. The summed E-state index contributed by atoms with van der Waals surface area (Å²) in [4.78, 5) is 35.9. The quantitative estimate of drug-likeness (QED) is 0.319. The van der Waals surface area contributed by atoms with Crippen LogP contribution in [0.2, 0.25) is 0 Å². The van der Waals surface area contributed by atoms with E-state index in [0.29, 0.717) is 0 Å². The van der Waals surface area contributed by atoms with Crippen molar-refractivity contribution in [3.05, 3.63) is 35.9 Å². The lowest BCUT2D eigenvalue weighted by Crippen LogP contribution is -2.59. The minimum atomic E-state index is -1.34. The summed E-state index contributed by atoms with van der Waals surface area (Å²) in [6, 6.07) is 5.51. The summed E-state index contributed by atoms with van der Waals surface area (Å²) in [6.07, 6.45) is -0.998. The average Bonchev–Trinajstić information content (AvgIpc) is 2.63. The number of esters is 1. The van der Waals surface area contributed by atoms with Gasteiger partial charge in [0, 0.05) is 0 Å². The van der Waals surface area contributed by atoms with Crippen molar-refractivity contribution in [1.29, 1.82) is 0 Å². The summed E-state index contributed by atoms with van der Waals surface area (Å²) in [7, 11) is 1.10. The van der Waals surface area contributed by atoms with Crippen molar-refractivity contribution < 1.29 is 29.3 Å². The van der Waals surface area contributed by atoms with Crippen LogP contribution in [0.25, 0.3) is 0 Å². The molecule has 0 bridgehead atoms. The van der Waals surface area contributed by atoms with Gasteiger partial charge in [0.2, 0.25) is 11.8 Å². The second kappa shape index (κ2) is 10.5. The third-order valence-corrected chi connectivity index (χ3v) is 3.68. The molecule has 144 valence electrons. The molecule has 0 saturated carbocycles. The molecular weight excluding hydrogens is 342 g/mol. The van der Waals surface area contributed by atoms with Gasteiger partial charge in [0.25, 0.3) is 0 Å². The number of aliphatic hydroxyl groups is 2. The smallest absolute Gasteiger partial charge is 0.330 e. The van der Waals surface area contributed by atoms with Crippen LogP contribution in [0.4, 0.5) is 0 Å². The van der Waals surface area contributed by atoms with Crippen molar-refractivity contribution in [3.8, 4) is 0 Å². The molecule has 0 aliphatic heterocycles. The van der Waals surface area contributed by atoms with Crippen molar-refractivity contribution in [1.82, 2.24) is 10.6 Å². The minimum absolute atomic E-state index is 0.252. The number of carbonyl (C=O) groups excluding carboxylic acids is 3. The number of ether oxygens (including phenoxy) is 1. The first-order valence-corrected chi connectivity index (χ1v) is 8.07. The fourth-order valence-electron chi connectivity index (χ4n) is 2.21. The number of hydrogen-bond donors (Lipinski definition) is 5. The van der Waals surface area contributed by atoms with Gasteiger partial charge in [0.1, 0.15) is 6.04 Å². The van der Waals surface area contributed by atoms with Crippen molar-refractivity contribution in [2.24, 2.45) is 5.73 Å². The van der Waals surface area contributed by atoms with Crippen LogP contribution < -0.4 is 16.4 Å². The van der Waals surface area contributed by atoms with Crippen molar-refractivity contribution in [2.45, 2.75) is 37.6 Å². The van der Waals surface area contributed by atoms with E-state index in [2.05, 4.69) is 15.4 Å². The largest absolute Gasteiger partial charge is 0.467 e. The number of amides is 2. The van der Waals surface area contributed by atoms with E-state index in [9.17, 15) is 19.5 Å². The van der Waals surface area contributed by atoms with Crippen LogP contribution in [0.3, 0.4) is 0 Å². The van der Waals surface area contributed by atoms with Crippen molar-refractivity contribution in [2.75, 3.05) is 13.7 Å². The number of methoxy groups -OCH3 is 1. The maximum absolute atomic E-state index is 12.2. The Hall–Kier alpha value is -2.49. The lowest BCUT2D eigenvalue weighted by Gasteiger charge is -2.24. The average molecular weight is 367 g/mol. The molecule has 0 aromatic heterocycles. The first-order valence-electron chi connectivity index (χ1n) is 8.07. The summed E-state index contributed by atoms with van der Waals surface area (Å²) in [5, 5.41) is 23.5. The molecule has 0 aliphatic carbocycles. The monoisotopic (exact) mass is 367 g/mol. The number of hydrogen-bond acceptors (Lipinski definition) is 7. The Balaban J connectivity index is 2.72. The molecule has 9 nitrogen and oxygen atoms in total. The van der Waals surface area contributed by atoms with Gasteiger partial charge in [0.15, 0.2) is 6.04 Å². The number of nitrogens with two attached hydrogens (primary N) is 1. The summed E-state index contributed by atoms with van der Waals surface area (Å²) in [5.41, 5.74) is 6.70. The van der Waals surface area contributed by atoms with Gasteiger partial charge in [0.05, 0.1) is 25.9 Å². The van der Waals surface area contributed by atoms with Gasteiger partial charge in [-0.05, 0) is 18.9 Å². The second-order valence-electron chi connectivity index (χ2n) is 5.79. The summed E-state index contributed by atoms with van der Waals surface area (Å²) in [5.74, 6) is -2.32. The van der Waals surface area contributed by atoms with Crippen LogP contribution in [0.1, 0.15) is 12.5 Å². The standard InChI is InChI=1S/C17H25N3O6/c1-10(22)14(16(24)19-13(9-21)17(25)26-2)20-15(23)12(18)8-11-6-4-3-5-7-11/h3-7,10,12-14,21-22H,8-9,18H2,1-2H3,(H,19,24)(H,20,23)/t10-,12+,13+,14+/m1/s1. The Morgan fingerprint density at radius 2 is 1.77 bits per heavy atom. The first-order chi connectivity index (χ1) is 12.3. The van der Waals surface area contributed by atoms with Gasteiger partial charge in [-0.15, -0.1) is 0 Å². The number of nitrogens with one attached hydrogen (secondary N) is 2. The maximum Gasteiger partial charge on any atom is 0.330 e. The van der Waals surface area contributed by atoms with Crippen LogP contribution in [-0.2, 0) is 25.5 Å². The number of benzene rings is 1. The molecule has 0 radical (unpaired) electrons. The lowest BCUT2D eigenvalue weighted by atomic mass is 10.0. The van der Waals surface area contributed by atoms with Crippen LogP contribution >= 0.6 is 0 Å². The third kappa shape index (κ3) is 6.43. The summed E-state index contributed by atoms with van der Waals surface area (Å²) >= 11 is 0. The molecule has 6 N–H and O–H groups in total. The second-order valence-corrected chi connectivity index (χ2v) is 5.79. The van der Waals surface area contributed by atoms with E-state index in [1.165, 1.54) is 6.92 Å². The van der Waals surface area contributed by atoms with E-state index >= 15 is 0 Å². The van der Waals surface area contributed by atoms with E-state index in [0.717, 1.165) is 12.7 Å². The highest BCUT2D eigenvalue weighted by atomic mass is 16.5. The molecule has 2 amide bonds. The number of carbonyl (C=O) groups is 3. The van der Waals surface area contributed by atoms with Gasteiger partial charge in [-0.1, -0.05) is 30.3 Å². The number of rotatable bonds is 9. The predicted molar refractivity (Wildman–Crippen MR) is 92.8 cm³/mol. The summed E-state index contributed by atoms with van der Waals surface area (Å²) < 4.78 is 4.45. The fraction of sp³-hybridized carbons (Fsp3) is 0.471. The van der Waals surface area contributed by atoms with Crippen molar-refractivity contribution >= 4 is 17.8 Å². The molecule has 1 rings (SSSR count). The molecule has 0 aliphatic rings. The SMILES string of the molecule is COC(=O)[C@H](CO)NC(=O)[C@@H](NC(=O)[C@@H](N)Cc1ccccc1)[C@@H](C)O. The highest BCUT2D eigenvalue weighted by molar-refractivity contribution is 5.92. The summed E-state index contributed by atoms with van der Waals surface area (Å²) in [6.45, 7) is 0.617. The molecule has 26 heavy (non-hydrogen) atoms. The molecule has 1 aromatic carbocycles. The van der Waals surface area contributed by atoms with Crippen LogP contribution in [0.15, 0.2) is 30.3 Å². The number of aliphatic hydroxyl groups excluding tert-OH is 2. The topological polar surface area (TPSA) is 151 Å². The van der Waals surface area contributed by atoms with Gasteiger partial charge < -0.3 is 31.3 Å². The zero-order chi connectivity index (χ0) is 19.7. The van der Waals surface area contributed by atoms with Gasteiger partial charge in [-0.25, -0.2) is 4.79 Å². The minimum Gasteiger partial charge on any atom is -0.467 e. The molecule has 0 spiro atoms. The lowest BCUT2D eigenvalue weighted by molar-refractivity contribution is -0.147. The van der Waals surface area contributed by atoms with E-state index in [-0.39, 0.29) is 6.42 Å². The van der Waals surface area contributed by atoms with E-state index < -0.39 is 48.6 Å². The Morgan fingerprint density at radius 1 is 1.15 bits per heavy atom.